The Morgan fingerprint density at radius 1 is 0.929 bits per heavy atom. The average molecular weight is 415 g/mol. The quantitative estimate of drug-likeness (QED) is 0.499. The van der Waals surface area contributed by atoms with Crippen LogP contribution in [0.2, 0.25) is 10.0 Å². The average Bonchev–Trinajstić information content (AvgIpc) is 2.71. The number of carbonyl (C=O) groups excluding carboxylic acids is 1. The summed E-state index contributed by atoms with van der Waals surface area (Å²) < 4.78 is 5.75. The molecule has 0 aliphatic carbocycles. The smallest absolute Gasteiger partial charge is 0.243 e. The molecule has 0 heterocycles. The van der Waals surface area contributed by atoms with Crippen LogP contribution in [-0.2, 0) is 11.2 Å². The summed E-state index contributed by atoms with van der Waals surface area (Å²) in [5.74, 6) is 0.576. The lowest BCUT2D eigenvalue weighted by atomic mass is 10.2. The Bertz CT molecular complexity index is 916. The third-order valence-corrected chi connectivity index (χ3v) is 4.57. The first-order valence-electron chi connectivity index (χ1n) is 8.86. The molecule has 0 saturated heterocycles. The Balaban J connectivity index is 1.44. The molecule has 144 valence electrons. The van der Waals surface area contributed by atoms with E-state index < -0.39 is 0 Å². The molecule has 6 heteroatoms. The van der Waals surface area contributed by atoms with Gasteiger partial charge in [0.25, 0.3) is 0 Å². The molecule has 1 amide bonds. The highest BCUT2D eigenvalue weighted by Gasteiger charge is 2.06. The van der Waals surface area contributed by atoms with E-state index in [4.69, 9.17) is 27.9 Å². The zero-order valence-corrected chi connectivity index (χ0v) is 16.6. The lowest BCUT2D eigenvalue weighted by molar-refractivity contribution is -0.114. The first-order valence-corrected chi connectivity index (χ1v) is 9.61. The third-order valence-electron chi connectivity index (χ3n) is 4.01. The van der Waals surface area contributed by atoms with Crippen LogP contribution in [0.3, 0.4) is 0 Å². The van der Waals surface area contributed by atoms with Gasteiger partial charge in [-0.2, -0.15) is 0 Å². The lowest BCUT2D eigenvalue weighted by Gasteiger charge is -2.10. The van der Waals surface area contributed by atoms with E-state index >= 15 is 0 Å². The van der Waals surface area contributed by atoms with E-state index in [1.807, 2.05) is 42.5 Å². The van der Waals surface area contributed by atoms with Crippen molar-refractivity contribution >= 4 is 40.5 Å². The minimum atomic E-state index is -0.186. The standard InChI is InChI=1S/C22H20Cl2N2O2/c23-17-6-11-20(24)21(14-17)25-15-22(27)26-18-7-9-19(10-8-18)28-13-12-16-4-2-1-3-5-16/h1-11,14,25H,12-13,15H2,(H,26,27). The van der Waals surface area contributed by atoms with Crippen molar-refractivity contribution in [2.75, 3.05) is 23.8 Å². The van der Waals surface area contributed by atoms with Gasteiger partial charge in [-0.3, -0.25) is 4.79 Å². The number of anilines is 2. The number of hydrogen-bond acceptors (Lipinski definition) is 3. The Hall–Kier alpha value is -2.69. The largest absolute Gasteiger partial charge is 0.493 e. The number of carbonyl (C=O) groups is 1. The Morgan fingerprint density at radius 3 is 2.43 bits per heavy atom. The van der Waals surface area contributed by atoms with Crippen LogP contribution < -0.4 is 15.4 Å². The summed E-state index contributed by atoms with van der Waals surface area (Å²) in [6.07, 6.45) is 0.844. The summed E-state index contributed by atoms with van der Waals surface area (Å²) in [7, 11) is 0. The first-order chi connectivity index (χ1) is 13.6. The molecule has 3 aromatic carbocycles. The van der Waals surface area contributed by atoms with Gasteiger partial charge in [-0.05, 0) is 48.0 Å². The van der Waals surface area contributed by atoms with E-state index in [9.17, 15) is 4.79 Å². The maximum atomic E-state index is 12.1. The van der Waals surface area contributed by atoms with Crippen molar-refractivity contribution in [1.82, 2.24) is 0 Å². The summed E-state index contributed by atoms with van der Waals surface area (Å²) >= 11 is 12.0. The summed E-state index contributed by atoms with van der Waals surface area (Å²) in [5.41, 5.74) is 2.55. The molecule has 3 rings (SSSR count). The van der Waals surface area contributed by atoms with Gasteiger partial charge in [0.1, 0.15) is 5.75 Å². The van der Waals surface area contributed by atoms with Gasteiger partial charge in [0, 0.05) is 17.1 Å². The Kier molecular flexibility index (Phi) is 7.18. The van der Waals surface area contributed by atoms with Crippen LogP contribution in [0.25, 0.3) is 0 Å². The SMILES string of the molecule is O=C(CNc1cc(Cl)ccc1Cl)Nc1ccc(OCCc2ccccc2)cc1. The molecule has 3 aromatic rings. The van der Waals surface area contributed by atoms with Crippen molar-refractivity contribution in [2.45, 2.75) is 6.42 Å². The predicted molar refractivity (Wildman–Crippen MR) is 116 cm³/mol. The molecule has 0 aromatic heterocycles. The third kappa shape index (κ3) is 6.19. The van der Waals surface area contributed by atoms with Crippen LogP contribution >= 0.6 is 23.2 Å². The van der Waals surface area contributed by atoms with Crippen molar-refractivity contribution in [3.05, 3.63) is 88.4 Å². The molecule has 0 aliphatic rings. The minimum absolute atomic E-state index is 0.0788. The van der Waals surface area contributed by atoms with Gasteiger partial charge in [0.2, 0.25) is 5.91 Å². The molecular formula is C22H20Cl2N2O2. The molecule has 0 saturated carbocycles. The summed E-state index contributed by atoms with van der Waals surface area (Å²) in [5, 5.41) is 6.86. The topological polar surface area (TPSA) is 50.4 Å². The minimum Gasteiger partial charge on any atom is -0.493 e. The highest BCUT2D eigenvalue weighted by molar-refractivity contribution is 6.35. The molecule has 28 heavy (non-hydrogen) atoms. The molecule has 0 fully saturated rings. The van der Waals surface area contributed by atoms with Crippen molar-refractivity contribution < 1.29 is 9.53 Å². The van der Waals surface area contributed by atoms with Crippen molar-refractivity contribution in [2.24, 2.45) is 0 Å². The second-order valence-corrected chi connectivity index (χ2v) is 6.98. The number of hydrogen-bond donors (Lipinski definition) is 2. The van der Waals surface area contributed by atoms with Gasteiger partial charge in [-0.1, -0.05) is 53.5 Å². The Labute approximate surface area is 174 Å². The summed E-state index contributed by atoms with van der Waals surface area (Å²) in [6.45, 7) is 0.676. The normalized spacial score (nSPS) is 10.4. The second-order valence-electron chi connectivity index (χ2n) is 6.13. The van der Waals surface area contributed by atoms with Gasteiger partial charge >= 0.3 is 0 Å². The lowest BCUT2D eigenvalue weighted by Crippen LogP contribution is -2.21. The number of rotatable bonds is 8. The van der Waals surface area contributed by atoms with E-state index in [0.717, 1.165) is 12.2 Å². The molecule has 0 radical (unpaired) electrons. The van der Waals surface area contributed by atoms with Crippen molar-refractivity contribution in [3.63, 3.8) is 0 Å². The molecule has 0 bridgehead atoms. The van der Waals surface area contributed by atoms with E-state index in [1.54, 1.807) is 18.2 Å². The van der Waals surface area contributed by atoms with Crippen LogP contribution in [0.1, 0.15) is 5.56 Å². The predicted octanol–water partition coefficient (Wildman–Crippen LogP) is 5.67. The fraction of sp³-hybridized carbons (Fsp3) is 0.136. The van der Waals surface area contributed by atoms with E-state index in [1.165, 1.54) is 5.56 Å². The number of nitrogens with one attached hydrogen (secondary N) is 2. The van der Waals surface area contributed by atoms with Crippen LogP contribution in [0.4, 0.5) is 11.4 Å². The van der Waals surface area contributed by atoms with Gasteiger partial charge in [-0.15, -0.1) is 0 Å². The highest BCUT2D eigenvalue weighted by Crippen LogP contribution is 2.25. The number of amides is 1. The number of benzene rings is 3. The fourth-order valence-corrected chi connectivity index (χ4v) is 2.94. The van der Waals surface area contributed by atoms with Gasteiger partial charge < -0.3 is 15.4 Å². The molecule has 0 atom stereocenters. The molecule has 0 unspecified atom stereocenters. The van der Waals surface area contributed by atoms with Crippen molar-refractivity contribution in [3.8, 4) is 5.75 Å². The maximum Gasteiger partial charge on any atom is 0.243 e. The van der Waals surface area contributed by atoms with E-state index in [2.05, 4.69) is 22.8 Å². The van der Waals surface area contributed by atoms with Crippen molar-refractivity contribution in [1.29, 1.82) is 0 Å². The van der Waals surface area contributed by atoms with Crippen LogP contribution in [0.15, 0.2) is 72.8 Å². The zero-order valence-electron chi connectivity index (χ0n) is 15.1. The molecular weight excluding hydrogens is 395 g/mol. The number of halogens is 2. The van der Waals surface area contributed by atoms with Crippen LogP contribution in [-0.4, -0.2) is 19.1 Å². The Morgan fingerprint density at radius 2 is 1.68 bits per heavy atom. The van der Waals surface area contributed by atoms with Gasteiger partial charge in [0.15, 0.2) is 0 Å². The van der Waals surface area contributed by atoms with E-state index in [-0.39, 0.29) is 12.5 Å². The second kappa shape index (κ2) is 10.0. The van der Waals surface area contributed by atoms with E-state index in [0.29, 0.717) is 28.0 Å². The molecule has 0 aliphatic heterocycles. The number of ether oxygens (including phenoxy) is 1. The molecule has 0 spiro atoms. The van der Waals surface area contributed by atoms with Gasteiger partial charge in [0.05, 0.1) is 23.9 Å². The summed E-state index contributed by atoms with van der Waals surface area (Å²) in [4.78, 5) is 12.1. The molecule has 4 nitrogen and oxygen atoms in total. The zero-order chi connectivity index (χ0) is 19.8. The maximum absolute atomic E-state index is 12.1. The van der Waals surface area contributed by atoms with Crippen LogP contribution in [0.5, 0.6) is 5.75 Å². The summed E-state index contributed by atoms with van der Waals surface area (Å²) in [6, 6.07) is 22.5. The fourth-order valence-electron chi connectivity index (χ4n) is 2.58. The first kappa shape index (κ1) is 20.1. The highest BCUT2D eigenvalue weighted by atomic mass is 35.5. The van der Waals surface area contributed by atoms with Gasteiger partial charge in [-0.25, -0.2) is 0 Å². The monoisotopic (exact) mass is 414 g/mol. The molecule has 2 N–H and O–H groups in total. The van der Waals surface area contributed by atoms with Crippen LogP contribution in [0, 0.1) is 0 Å².